The minimum atomic E-state index is 0.740. The fourth-order valence-corrected chi connectivity index (χ4v) is 1.52. The molecule has 0 atom stereocenters. The van der Waals surface area contributed by atoms with Crippen LogP contribution in [-0.4, -0.2) is 6.72 Å². The minimum Gasteiger partial charge on any atom is -0.457 e. The molecule has 17 heavy (non-hydrogen) atoms. The van der Waals surface area contributed by atoms with Crippen LogP contribution in [0.2, 0.25) is 0 Å². The number of hydrogen-bond acceptors (Lipinski definition) is 2. The number of hydrogen-bond donors (Lipinski definition) is 0. The number of ether oxygens (including phenoxy) is 1. The Morgan fingerprint density at radius 1 is 1.00 bits per heavy atom. The molecule has 2 aromatic carbocycles. The van der Waals surface area contributed by atoms with E-state index in [1.807, 2.05) is 48.5 Å². The third kappa shape index (κ3) is 2.61. The summed E-state index contributed by atoms with van der Waals surface area (Å²) in [6, 6.07) is 15.3. The largest absolute Gasteiger partial charge is 0.457 e. The highest BCUT2D eigenvalue weighted by atomic mass is 16.5. The molecule has 0 heterocycles. The zero-order valence-corrected chi connectivity index (χ0v) is 9.47. The maximum atomic E-state index is 5.70. The lowest BCUT2D eigenvalue weighted by Gasteiger charge is -2.07. The second kappa shape index (κ2) is 5.12. The molecule has 2 rings (SSSR count). The lowest BCUT2D eigenvalue weighted by atomic mass is 10.1. The number of para-hydroxylation sites is 1. The Morgan fingerprint density at radius 2 is 1.76 bits per heavy atom. The summed E-state index contributed by atoms with van der Waals surface area (Å²) in [6.07, 6.45) is 1.75. The summed E-state index contributed by atoms with van der Waals surface area (Å²) < 4.78 is 5.70. The minimum absolute atomic E-state index is 0.740. The number of benzene rings is 2. The quantitative estimate of drug-likeness (QED) is 0.701. The van der Waals surface area contributed by atoms with Crippen LogP contribution in [-0.2, 0) is 0 Å². The summed E-state index contributed by atoms with van der Waals surface area (Å²) in [7, 11) is 0. The fourth-order valence-electron chi connectivity index (χ4n) is 1.52. The summed E-state index contributed by atoms with van der Waals surface area (Å²) in [4.78, 5) is 3.94. The van der Waals surface area contributed by atoms with E-state index in [1.54, 1.807) is 6.08 Å². The molecule has 0 unspecified atom stereocenters. The van der Waals surface area contributed by atoms with Crippen molar-refractivity contribution < 1.29 is 4.74 Å². The van der Waals surface area contributed by atoms with E-state index in [1.165, 1.54) is 0 Å². The maximum absolute atomic E-state index is 5.70. The zero-order valence-electron chi connectivity index (χ0n) is 9.47. The Labute approximate surface area is 101 Å². The van der Waals surface area contributed by atoms with Gasteiger partial charge in [-0.15, -0.1) is 0 Å². The highest BCUT2D eigenvalue weighted by Gasteiger charge is 2.01. The van der Waals surface area contributed by atoms with Gasteiger partial charge >= 0.3 is 0 Å². The van der Waals surface area contributed by atoms with Gasteiger partial charge in [0.15, 0.2) is 0 Å². The molecule has 0 saturated heterocycles. The van der Waals surface area contributed by atoms with Gasteiger partial charge in [-0.1, -0.05) is 30.9 Å². The third-order valence-electron chi connectivity index (χ3n) is 2.37. The van der Waals surface area contributed by atoms with Crippen molar-refractivity contribution in [2.45, 2.75) is 0 Å². The fraction of sp³-hybridized carbons (Fsp3) is 0. The monoisotopic (exact) mass is 223 g/mol. The van der Waals surface area contributed by atoms with E-state index < -0.39 is 0 Å². The van der Waals surface area contributed by atoms with E-state index in [2.05, 4.69) is 18.3 Å². The number of nitrogens with zero attached hydrogens (tertiary/aromatic N) is 1. The first-order valence-corrected chi connectivity index (χ1v) is 5.29. The van der Waals surface area contributed by atoms with Crippen molar-refractivity contribution >= 4 is 18.5 Å². The lowest BCUT2D eigenvalue weighted by molar-refractivity contribution is 0.483. The van der Waals surface area contributed by atoms with Crippen LogP contribution in [0, 0.1) is 0 Å². The van der Waals surface area contributed by atoms with E-state index >= 15 is 0 Å². The molecule has 0 radical (unpaired) electrons. The Hall–Kier alpha value is -2.35. The van der Waals surface area contributed by atoms with Crippen molar-refractivity contribution in [2.24, 2.45) is 4.99 Å². The zero-order chi connectivity index (χ0) is 12.1. The molecular weight excluding hydrogens is 210 g/mol. The van der Waals surface area contributed by atoms with Crippen molar-refractivity contribution in [3.63, 3.8) is 0 Å². The summed E-state index contributed by atoms with van der Waals surface area (Å²) in [5, 5.41) is 0. The van der Waals surface area contributed by atoms with Crippen molar-refractivity contribution in [1.29, 1.82) is 0 Å². The second-order valence-corrected chi connectivity index (χ2v) is 3.50. The molecule has 0 fully saturated rings. The van der Waals surface area contributed by atoms with Gasteiger partial charge in [-0.05, 0) is 36.5 Å². The van der Waals surface area contributed by atoms with Gasteiger partial charge in [0.1, 0.15) is 11.5 Å². The molecule has 0 N–H and O–H groups in total. The van der Waals surface area contributed by atoms with Crippen molar-refractivity contribution in [3.8, 4) is 11.5 Å². The van der Waals surface area contributed by atoms with Crippen molar-refractivity contribution in [1.82, 2.24) is 0 Å². The van der Waals surface area contributed by atoms with Gasteiger partial charge in [-0.2, -0.15) is 0 Å². The van der Waals surface area contributed by atoms with Gasteiger partial charge in [-0.25, -0.2) is 0 Å². The van der Waals surface area contributed by atoms with Crippen LogP contribution in [0.5, 0.6) is 11.5 Å². The molecule has 0 aromatic heterocycles. The Bertz CT molecular complexity index is 532. The van der Waals surface area contributed by atoms with Gasteiger partial charge in [0, 0.05) is 6.07 Å². The SMILES string of the molecule is C=Cc1ccc(Oc2ccccc2)cc1N=C. The van der Waals surface area contributed by atoms with Gasteiger partial charge in [0.2, 0.25) is 0 Å². The number of aliphatic imine (C=N–C) groups is 1. The highest BCUT2D eigenvalue weighted by Crippen LogP contribution is 2.28. The summed E-state index contributed by atoms with van der Waals surface area (Å²) in [5.74, 6) is 1.54. The molecule has 2 aromatic rings. The van der Waals surface area contributed by atoms with E-state index in [0.29, 0.717) is 0 Å². The molecule has 2 heteroatoms. The van der Waals surface area contributed by atoms with Gasteiger partial charge in [-0.3, -0.25) is 4.99 Å². The van der Waals surface area contributed by atoms with E-state index in [0.717, 1.165) is 22.7 Å². The van der Waals surface area contributed by atoms with Gasteiger partial charge < -0.3 is 4.74 Å². The van der Waals surface area contributed by atoms with Crippen LogP contribution >= 0.6 is 0 Å². The van der Waals surface area contributed by atoms with Gasteiger partial charge in [0.25, 0.3) is 0 Å². The average molecular weight is 223 g/mol. The topological polar surface area (TPSA) is 21.6 Å². The van der Waals surface area contributed by atoms with Crippen LogP contribution in [0.25, 0.3) is 6.08 Å². The molecule has 0 spiro atoms. The van der Waals surface area contributed by atoms with Crippen molar-refractivity contribution in [3.05, 3.63) is 60.7 Å². The molecule has 0 aliphatic carbocycles. The summed E-state index contributed by atoms with van der Waals surface area (Å²) in [6.45, 7) is 7.26. The molecule has 0 amide bonds. The van der Waals surface area contributed by atoms with Crippen molar-refractivity contribution in [2.75, 3.05) is 0 Å². The normalized spacial score (nSPS) is 9.65. The van der Waals surface area contributed by atoms with Crippen LogP contribution in [0.3, 0.4) is 0 Å². The Kier molecular flexibility index (Phi) is 3.36. The smallest absolute Gasteiger partial charge is 0.129 e. The standard InChI is InChI=1S/C15H13NO/c1-3-12-9-10-14(11-15(12)16-2)17-13-7-5-4-6-8-13/h3-11H,1-2H2. The first kappa shape index (κ1) is 11.1. The lowest BCUT2D eigenvalue weighted by Crippen LogP contribution is -1.84. The van der Waals surface area contributed by atoms with E-state index in [4.69, 9.17) is 4.74 Å². The Morgan fingerprint density at radius 3 is 2.41 bits per heavy atom. The predicted molar refractivity (Wildman–Crippen MR) is 72.3 cm³/mol. The first-order chi connectivity index (χ1) is 8.33. The van der Waals surface area contributed by atoms with Gasteiger partial charge in [0.05, 0.1) is 5.69 Å². The van der Waals surface area contributed by atoms with E-state index in [-0.39, 0.29) is 0 Å². The molecule has 2 nitrogen and oxygen atoms in total. The maximum Gasteiger partial charge on any atom is 0.129 e. The first-order valence-electron chi connectivity index (χ1n) is 5.29. The second-order valence-electron chi connectivity index (χ2n) is 3.50. The molecule has 0 aliphatic heterocycles. The highest BCUT2D eigenvalue weighted by molar-refractivity contribution is 5.66. The Balaban J connectivity index is 2.28. The number of rotatable bonds is 4. The average Bonchev–Trinajstić information content (AvgIpc) is 2.40. The van der Waals surface area contributed by atoms with Crippen LogP contribution in [0.15, 0.2) is 60.1 Å². The predicted octanol–water partition coefficient (Wildman–Crippen LogP) is 4.45. The molecular formula is C15H13NO. The van der Waals surface area contributed by atoms with Crippen LogP contribution in [0.4, 0.5) is 5.69 Å². The molecule has 0 aliphatic rings. The molecule has 0 bridgehead atoms. The molecule has 0 saturated carbocycles. The summed E-state index contributed by atoms with van der Waals surface area (Å²) in [5.41, 5.74) is 1.72. The van der Waals surface area contributed by atoms with Crippen LogP contribution in [0.1, 0.15) is 5.56 Å². The molecule has 84 valence electrons. The van der Waals surface area contributed by atoms with E-state index in [9.17, 15) is 0 Å². The third-order valence-corrected chi connectivity index (χ3v) is 2.37. The summed E-state index contributed by atoms with van der Waals surface area (Å²) >= 11 is 0. The van der Waals surface area contributed by atoms with Crippen LogP contribution < -0.4 is 4.74 Å².